The van der Waals surface area contributed by atoms with Crippen LogP contribution in [0.4, 0.5) is 5.69 Å². The van der Waals surface area contributed by atoms with Crippen molar-refractivity contribution in [3.63, 3.8) is 0 Å². The normalized spacial score (nSPS) is 13.0. The molecule has 1 aromatic heterocycles. The lowest BCUT2D eigenvalue weighted by atomic mass is 9.96. The van der Waals surface area contributed by atoms with Crippen LogP contribution in [0.3, 0.4) is 0 Å². The summed E-state index contributed by atoms with van der Waals surface area (Å²) in [4.78, 5) is 4.70. The highest BCUT2D eigenvalue weighted by Gasteiger charge is 2.21. The van der Waals surface area contributed by atoms with E-state index in [1.807, 2.05) is 35.9 Å². The van der Waals surface area contributed by atoms with Crippen LogP contribution in [0.25, 0.3) is 0 Å². The van der Waals surface area contributed by atoms with E-state index in [2.05, 4.69) is 41.1 Å². The first-order valence-corrected chi connectivity index (χ1v) is 8.61. The zero-order valence-electron chi connectivity index (χ0n) is 13.5. The largest absolute Gasteiger partial charge is 0.399 e. The van der Waals surface area contributed by atoms with Gasteiger partial charge in [0.15, 0.2) is 0 Å². The van der Waals surface area contributed by atoms with Crippen molar-refractivity contribution in [2.24, 2.45) is 5.10 Å². The number of nitrogens with zero attached hydrogens (tertiary/aromatic N) is 3. The Morgan fingerprint density at radius 1 is 1.08 bits per heavy atom. The van der Waals surface area contributed by atoms with E-state index in [0.717, 1.165) is 50.6 Å². The number of hydrogen-bond acceptors (Lipinski definition) is 3. The molecule has 4 rings (SSSR count). The maximum atomic E-state index is 5.85. The van der Waals surface area contributed by atoms with E-state index < -0.39 is 0 Å². The molecule has 0 atom stereocenters. The molecule has 2 heterocycles. The Morgan fingerprint density at radius 3 is 2.58 bits per heavy atom. The topological polar surface area (TPSA) is 56.2 Å². The van der Waals surface area contributed by atoms with Gasteiger partial charge in [0.05, 0.1) is 17.1 Å². The molecule has 0 saturated heterocycles. The molecule has 0 saturated carbocycles. The minimum atomic E-state index is 0.748. The Balaban J connectivity index is 2.01. The zero-order valence-corrected chi connectivity index (χ0v) is 15.1. The number of rotatable bonds is 1. The molecule has 2 N–H and O–H groups in total. The number of aromatic nitrogens is 2. The van der Waals surface area contributed by atoms with Crippen molar-refractivity contribution in [3.05, 3.63) is 80.8 Å². The average molecular weight is 381 g/mol. The third kappa shape index (κ3) is 2.45. The summed E-state index contributed by atoms with van der Waals surface area (Å²) in [5.74, 6) is 0.971. The third-order valence-electron chi connectivity index (χ3n) is 4.44. The smallest absolute Gasteiger partial charge is 0.134 e. The van der Waals surface area contributed by atoms with Gasteiger partial charge in [-0.05, 0) is 43.7 Å². The van der Waals surface area contributed by atoms with Crippen LogP contribution in [0.5, 0.6) is 0 Å². The lowest BCUT2D eigenvalue weighted by Gasteiger charge is -2.10. The van der Waals surface area contributed by atoms with Crippen molar-refractivity contribution in [1.82, 2.24) is 9.66 Å². The first-order valence-electron chi connectivity index (χ1n) is 7.81. The molecule has 0 fully saturated rings. The standard InChI is InChI=1S/C19H17BrN4/c1-11-12(2)24-18(22-11)9-14-3-6-15(20)10-17(14)19(23-24)13-4-7-16(21)8-5-13/h3-8,10H,9,21H2,1-2H3. The van der Waals surface area contributed by atoms with Gasteiger partial charge in [-0.2, -0.15) is 5.10 Å². The molecule has 4 nitrogen and oxygen atoms in total. The van der Waals surface area contributed by atoms with E-state index in [9.17, 15) is 0 Å². The zero-order chi connectivity index (χ0) is 16.8. The van der Waals surface area contributed by atoms with Crippen LogP contribution < -0.4 is 5.73 Å². The fourth-order valence-corrected chi connectivity index (χ4v) is 3.38. The third-order valence-corrected chi connectivity index (χ3v) is 4.94. The second kappa shape index (κ2) is 5.60. The number of fused-ring (bicyclic) bond motifs is 2. The van der Waals surface area contributed by atoms with Gasteiger partial charge in [0.2, 0.25) is 0 Å². The molecule has 5 heteroatoms. The monoisotopic (exact) mass is 380 g/mol. The highest BCUT2D eigenvalue weighted by atomic mass is 79.9. The van der Waals surface area contributed by atoms with Crippen molar-refractivity contribution in [3.8, 4) is 0 Å². The molecular formula is C19H17BrN4. The quantitative estimate of drug-likeness (QED) is 0.506. The van der Waals surface area contributed by atoms with Crippen LogP contribution in [0.2, 0.25) is 0 Å². The summed E-state index contributed by atoms with van der Waals surface area (Å²) in [6.07, 6.45) is 0.763. The highest BCUT2D eigenvalue weighted by Crippen LogP contribution is 2.27. The van der Waals surface area contributed by atoms with Gasteiger partial charge in [0.25, 0.3) is 0 Å². The first kappa shape index (κ1) is 15.1. The van der Waals surface area contributed by atoms with Crippen molar-refractivity contribution in [2.75, 3.05) is 5.73 Å². The van der Waals surface area contributed by atoms with Gasteiger partial charge in [-0.1, -0.05) is 34.1 Å². The second-order valence-electron chi connectivity index (χ2n) is 6.06. The fourth-order valence-electron chi connectivity index (χ4n) is 3.02. The Morgan fingerprint density at radius 2 is 1.83 bits per heavy atom. The average Bonchev–Trinajstić information content (AvgIpc) is 2.74. The summed E-state index contributed by atoms with van der Waals surface area (Å²) in [5, 5.41) is 4.95. The number of halogens is 1. The van der Waals surface area contributed by atoms with Crippen LogP contribution in [-0.4, -0.2) is 15.4 Å². The summed E-state index contributed by atoms with van der Waals surface area (Å²) < 4.78 is 3.01. The molecule has 3 aromatic rings. The number of hydrogen-bond donors (Lipinski definition) is 1. The molecule has 0 unspecified atom stereocenters. The Labute approximate surface area is 149 Å². The summed E-state index contributed by atoms with van der Waals surface area (Å²) in [6.45, 7) is 4.08. The molecule has 24 heavy (non-hydrogen) atoms. The maximum absolute atomic E-state index is 5.85. The van der Waals surface area contributed by atoms with Gasteiger partial charge in [-0.15, -0.1) is 0 Å². The molecule has 1 aliphatic rings. The summed E-state index contributed by atoms with van der Waals surface area (Å²) >= 11 is 3.58. The Kier molecular flexibility index (Phi) is 3.53. The maximum Gasteiger partial charge on any atom is 0.134 e. The number of aryl methyl sites for hydroxylation is 1. The van der Waals surface area contributed by atoms with E-state index in [0.29, 0.717) is 0 Å². The number of nitrogens with two attached hydrogens (primary N) is 1. The SMILES string of the molecule is Cc1nc2n(c1C)N=C(c1ccc(N)cc1)c1cc(Br)ccc1C2. The van der Waals surface area contributed by atoms with Crippen LogP contribution in [0.1, 0.15) is 33.9 Å². The van der Waals surface area contributed by atoms with Crippen molar-refractivity contribution in [2.45, 2.75) is 20.3 Å². The predicted molar refractivity (Wildman–Crippen MR) is 101 cm³/mol. The number of benzene rings is 2. The van der Waals surface area contributed by atoms with Crippen molar-refractivity contribution in [1.29, 1.82) is 0 Å². The van der Waals surface area contributed by atoms with Gasteiger partial charge in [-0.3, -0.25) is 0 Å². The Bertz CT molecular complexity index is 968. The minimum absolute atomic E-state index is 0.748. The lowest BCUT2D eigenvalue weighted by Crippen LogP contribution is -2.07. The number of imidazole rings is 1. The van der Waals surface area contributed by atoms with Crippen LogP contribution in [0, 0.1) is 13.8 Å². The van der Waals surface area contributed by atoms with Gasteiger partial charge in [0, 0.05) is 27.7 Å². The van der Waals surface area contributed by atoms with Crippen molar-refractivity contribution >= 4 is 27.3 Å². The van der Waals surface area contributed by atoms with Gasteiger partial charge in [0.1, 0.15) is 5.82 Å². The molecule has 2 aromatic carbocycles. The highest BCUT2D eigenvalue weighted by molar-refractivity contribution is 9.10. The van der Waals surface area contributed by atoms with E-state index in [-0.39, 0.29) is 0 Å². The second-order valence-corrected chi connectivity index (χ2v) is 6.98. The number of anilines is 1. The van der Waals surface area contributed by atoms with Crippen LogP contribution >= 0.6 is 15.9 Å². The van der Waals surface area contributed by atoms with Gasteiger partial charge < -0.3 is 5.73 Å². The van der Waals surface area contributed by atoms with Gasteiger partial charge >= 0.3 is 0 Å². The van der Waals surface area contributed by atoms with Crippen LogP contribution in [-0.2, 0) is 6.42 Å². The summed E-state index contributed by atoms with van der Waals surface area (Å²) in [7, 11) is 0. The molecule has 1 aliphatic heterocycles. The summed E-state index contributed by atoms with van der Waals surface area (Å²) in [5.41, 5.74) is 13.0. The molecule has 120 valence electrons. The van der Waals surface area contributed by atoms with E-state index in [1.165, 1.54) is 5.56 Å². The Hall–Kier alpha value is -2.40. The summed E-state index contributed by atoms with van der Waals surface area (Å²) in [6, 6.07) is 14.2. The predicted octanol–water partition coefficient (Wildman–Crippen LogP) is 4.05. The number of nitrogen functional groups attached to an aromatic ring is 1. The van der Waals surface area contributed by atoms with E-state index in [1.54, 1.807) is 0 Å². The minimum Gasteiger partial charge on any atom is -0.399 e. The molecule has 0 amide bonds. The fraction of sp³-hybridized carbons (Fsp3) is 0.158. The molecule has 0 spiro atoms. The lowest BCUT2D eigenvalue weighted by molar-refractivity contribution is 0.781. The first-order chi connectivity index (χ1) is 11.5. The van der Waals surface area contributed by atoms with Crippen molar-refractivity contribution < 1.29 is 0 Å². The molecule has 0 bridgehead atoms. The van der Waals surface area contributed by atoms with Gasteiger partial charge in [-0.25, -0.2) is 9.66 Å². The molecule has 0 radical (unpaired) electrons. The van der Waals surface area contributed by atoms with E-state index >= 15 is 0 Å². The van der Waals surface area contributed by atoms with E-state index in [4.69, 9.17) is 15.8 Å². The van der Waals surface area contributed by atoms with Crippen LogP contribution in [0.15, 0.2) is 52.0 Å². The molecular weight excluding hydrogens is 364 g/mol. The molecule has 0 aliphatic carbocycles.